The zero-order valence-electron chi connectivity index (χ0n) is 12.3. The van der Waals surface area contributed by atoms with E-state index in [1.165, 1.54) is 5.56 Å². The van der Waals surface area contributed by atoms with E-state index in [-0.39, 0.29) is 6.04 Å². The molecule has 20 heavy (non-hydrogen) atoms. The zero-order valence-corrected chi connectivity index (χ0v) is 13.2. The molecule has 0 spiro atoms. The van der Waals surface area contributed by atoms with E-state index in [0.29, 0.717) is 0 Å². The molecule has 0 fully saturated rings. The summed E-state index contributed by atoms with van der Waals surface area (Å²) >= 11 is 1.70. The van der Waals surface area contributed by atoms with Crippen molar-refractivity contribution in [2.75, 3.05) is 13.7 Å². The van der Waals surface area contributed by atoms with E-state index in [0.717, 1.165) is 35.9 Å². The van der Waals surface area contributed by atoms with E-state index < -0.39 is 0 Å². The molecule has 4 heteroatoms. The van der Waals surface area contributed by atoms with Crippen molar-refractivity contribution in [2.45, 2.75) is 32.7 Å². The highest BCUT2D eigenvalue weighted by Crippen LogP contribution is 2.22. The van der Waals surface area contributed by atoms with Crippen molar-refractivity contribution < 1.29 is 4.74 Å². The SMILES string of the molecule is CCCOc1ccc(C(Cc2csc(C)n2)NC)cc1. The summed E-state index contributed by atoms with van der Waals surface area (Å²) in [6.45, 7) is 4.93. The lowest BCUT2D eigenvalue weighted by Gasteiger charge is -2.16. The first-order valence-electron chi connectivity index (χ1n) is 7.04. The summed E-state index contributed by atoms with van der Waals surface area (Å²) in [5.74, 6) is 0.940. The zero-order chi connectivity index (χ0) is 14.4. The molecule has 108 valence electrons. The van der Waals surface area contributed by atoms with E-state index >= 15 is 0 Å². The first-order chi connectivity index (χ1) is 9.72. The van der Waals surface area contributed by atoms with Gasteiger partial charge in [0.1, 0.15) is 5.75 Å². The molecule has 0 radical (unpaired) electrons. The smallest absolute Gasteiger partial charge is 0.119 e. The van der Waals surface area contributed by atoms with Crippen LogP contribution in [0.2, 0.25) is 0 Å². The lowest BCUT2D eigenvalue weighted by atomic mass is 10.0. The number of aromatic nitrogens is 1. The van der Waals surface area contributed by atoms with Gasteiger partial charge in [-0.2, -0.15) is 0 Å². The van der Waals surface area contributed by atoms with Crippen LogP contribution in [0.25, 0.3) is 0 Å². The third kappa shape index (κ3) is 4.05. The minimum absolute atomic E-state index is 0.289. The number of likely N-dealkylation sites (N-methyl/N-ethyl adjacent to an activating group) is 1. The Morgan fingerprint density at radius 3 is 2.60 bits per heavy atom. The molecule has 0 saturated carbocycles. The molecule has 1 heterocycles. The van der Waals surface area contributed by atoms with Crippen LogP contribution in [0.4, 0.5) is 0 Å². The average Bonchev–Trinajstić information content (AvgIpc) is 2.88. The Hall–Kier alpha value is -1.39. The Labute approximate surface area is 125 Å². The highest BCUT2D eigenvalue weighted by atomic mass is 32.1. The van der Waals surface area contributed by atoms with Crippen molar-refractivity contribution in [2.24, 2.45) is 0 Å². The Balaban J connectivity index is 2.03. The van der Waals surface area contributed by atoms with Crippen molar-refractivity contribution in [3.63, 3.8) is 0 Å². The van der Waals surface area contributed by atoms with Crippen molar-refractivity contribution >= 4 is 11.3 Å². The summed E-state index contributed by atoms with van der Waals surface area (Å²) < 4.78 is 5.61. The van der Waals surface area contributed by atoms with E-state index in [2.05, 4.69) is 34.7 Å². The van der Waals surface area contributed by atoms with Gasteiger partial charge in [-0.1, -0.05) is 19.1 Å². The van der Waals surface area contributed by atoms with Crippen molar-refractivity contribution in [1.29, 1.82) is 0 Å². The molecule has 0 amide bonds. The summed E-state index contributed by atoms with van der Waals surface area (Å²) in [6.07, 6.45) is 1.94. The molecule has 3 nitrogen and oxygen atoms in total. The minimum Gasteiger partial charge on any atom is -0.494 e. The number of aryl methyl sites for hydroxylation is 1. The summed E-state index contributed by atoms with van der Waals surface area (Å²) in [5, 5.41) is 6.62. The number of rotatable bonds is 7. The van der Waals surface area contributed by atoms with E-state index in [9.17, 15) is 0 Å². The molecule has 1 aromatic carbocycles. The van der Waals surface area contributed by atoms with Gasteiger partial charge in [0.05, 0.1) is 17.3 Å². The topological polar surface area (TPSA) is 34.1 Å². The third-order valence-electron chi connectivity index (χ3n) is 3.18. The number of nitrogens with zero attached hydrogens (tertiary/aromatic N) is 1. The van der Waals surface area contributed by atoms with Crippen molar-refractivity contribution in [1.82, 2.24) is 10.3 Å². The van der Waals surface area contributed by atoms with Gasteiger partial charge in [-0.3, -0.25) is 0 Å². The molecule has 1 N–H and O–H groups in total. The molecule has 1 unspecified atom stereocenters. The molecule has 1 aromatic heterocycles. The molecule has 0 aliphatic carbocycles. The molecular formula is C16H22N2OS. The van der Waals surface area contributed by atoms with Crippen LogP contribution in [-0.2, 0) is 6.42 Å². The molecule has 0 aliphatic rings. The largest absolute Gasteiger partial charge is 0.494 e. The van der Waals surface area contributed by atoms with Crippen LogP contribution in [0.3, 0.4) is 0 Å². The molecule has 2 aromatic rings. The molecule has 2 rings (SSSR count). The Morgan fingerprint density at radius 2 is 2.05 bits per heavy atom. The van der Waals surface area contributed by atoms with Gasteiger partial charge in [0, 0.05) is 17.8 Å². The van der Waals surface area contributed by atoms with Gasteiger partial charge in [0.25, 0.3) is 0 Å². The Kier molecular flexibility index (Phi) is 5.56. The molecule has 0 aliphatic heterocycles. The summed E-state index contributed by atoms with van der Waals surface area (Å²) in [5.41, 5.74) is 2.42. The fourth-order valence-corrected chi connectivity index (χ4v) is 2.74. The van der Waals surface area contributed by atoms with Crippen LogP contribution in [0.15, 0.2) is 29.6 Å². The van der Waals surface area contributed by atoms with E-state index in [1.807, 2.05) is 26.1 Å². The lowest BCUT2D eigenvalue weighted by Crippen LogP contribution is -2.19. The first-order valence-corrected chi connectivity index (χ1v) is 7.92. The summed E-state index contributed by atoms with van der Waals surface area (Å²) in [7, 11) is 1.99. The maximum atomic E-state index is 5.61. The second kappa shape index (κ2) is 7.41. The number of hydrogen-bond acceptors (Lipinski definition) is 4. The minimum atomic E-state index is 0.289. The maximum Gasteiger partial charge on any atom is 0.119 e. The quantitative estimate of drug-likeness (QED) is 0.843. The Morgan fingerprint density at radius 1 is 1.30 bits per heavy atom. The molecule has 0 bridgehead atoms. The monoisotopic (exact) mass is 290 g/mol. The van der Waals surface area contributed by atoms with Gasteiger partial charge in [0.15, 0.2) is 0 Å². The van der Waals surface area contributed by atoms with Crippen LogP contribution >= 0.6 is 11.3 Å². The van der Waals surface area contributed by atoms with Crippen LogP contribution in [0.5, 0.6) is 5.75 Å². The average molecular weight is 290 g/mol. The van der Waals surface area contributed by atoms with E-state index in [1.54, 1.807) is 11.3 Å². The first kappa shape index (κ1) is 15.0. The van der Waals surface area contributed by atoms with Crippen LogP contribution in [0.1, 0.15) is 35.7 Å². The highest BCUT2D eigenvalue weighted by Gasteiger charge is 2.12. The van der Waals surface area contributed by atoms with Crippen LogP contribution < -0.4 is 10.1 Å². The number of thiazole rings is 1. The van der Waals surface area contributed by atoms with Gasteiger partial charge in [0.2, 0.25) is 0 Å². The third-order valence-corrected chi connectivity index (χ3v) is 4.01. The molecule has 1 atom stereocenters. The van der Waals surface area contributed by atoms with Gasteiger partial charge < -0.3 is 10.1 Å². The molecule has 0 saturated heterocycles. The summed E-state index contributed by atoms with van der Waals surface area (Å²) in [6, 6.07) is 8.64. The number of hydrogen-bond donors (Lipinski definition) is 1. The predicted octanol–water partition coefficient (Wildman–Crippen LogP) is 3.74. The van der Waals surface area contributed by atoms with Crippen LogP contribution in [-0.4, -0.2) is 18.6 Å². The second-order valence-corrected chi connectivity index (χ2v) is 5.88. The van der Waals surface area contributed by atoms with Crippen molar-refractivity contribution in [3.8, 4) is 5.75 Å². The lowest BCUT2D eigenvalue weighted by molar-refractivity contribution is 0.317. The highest BCUT2D eigenvalue weighted by molar-refractivity contribution is 7.09. The van der Waals surface area contributed by atoms with Gasteiger partial charge in [-0.05, 0) is 38.1 Å². The summed E-state index contributed by atoms with van der Waals surface area (Å²) in [4.78, 5) is 4.54. The van der Waals surface area contributed by atoms with Gasteiger partial charge >= 0.3 is 0 Å². The predicted molar refractivity (Wildman–Crippen MR) is 84.6 cm³/mol. The van der Waals surface area contributed by atoms with E-state index in [4.69, 9.17) is 4.74 Å². The fourth-order valence-electron chi connectivity index (χ4n) is 2.11. The standard InChI is InChI=1S/C16H22N2OS/c1-4-9-19-15-7-5-13(6-8-15)16(17-3)10-14-11-20-12(2)18-14/h5-8,11,16-17H,4,9-10H2,1-3H3. The van der Waals surface area contributed by atoms with Gasteiger partial charge in [-0.15, -0.1) is 11.3 Å². The number of ether oxygens (including phenoxy) is 1. The Bertz CT molecular complexity index is 522. The van der Waals surface area contributed by atoms with Crippen molar-refractivity contribution in [3.05, 3.63) is 45.9 Å². The normalized spacial score (nSPS) is 12.3. The molecular weight excluding hydrogens is 268 g/mol. The second-order valence-electron chi connectivity index (χ2n) is 4.82. The van der Waals surface area contributed by atoms with Gasteiger partial charge in [-0.25, -0.2) is 4.98 Å². The van der Waals surface area contributed by atoms with Crippen LogP contribution in [0, 0.1) is 6.92 Å². The number of nitrogens with one attached hydrogen (secondary N) is 1. The fraction of sp³-hybridized carbons (Fsp3) is 0.438. The maximum absolute atomic E-state index is 5.61. The number of benzene rings is 1.